The number of esters is 1. The Morgan fingerprint density at radius 3 is 2.54 bits per heavy atom. The number of carbonyl (C=O) groups is 2. The Morgan fingerprint density at radius 2 is 1.85 bits per heavy atom. The van der Waals surface area contributed by atoms with Crippen LogP contribution in [0.4, 0.5) is 0 Å². The Bertz CT molecular complexity index is 1030. The molecule has 2 heterocycles. The third kappa shape index (κ3) is 3.93. The number of ether oxygens (including phenoxy) is 3. The molecule has 0 aromatic carbocycles. The van der Waals surface area contributed by atoms with E-state index < -0.39 is 59.3 Å². The van der Waals surface area contributed by atoms with Gasteiger partial charge in [-0.2, -0.15) is 0 Å². The molecule has 0 bridgehead atoms. The van der Waals surface area contributed by atoms with Gasteiger partial charge in [0.05, 0.1) is 35.4 Å². The van der Waals surface area contributed by atoms with Crippen molar-refractivity contribution in [1.82, 2.24) is 0 Å². The summed E-state index contributed by atoms with van der Waals surface area (Å²) in [6.45, 7) is 1.95. The number of fused-ring (bicyclic) bond motifs is 5. The van der Waals surface area contributed by atoms with E-state index in [-0.39, 0.29) is 43.2 Å². The second kappa shape index (κ2) is 9.58. The second-order valence-corrected chi connectivity index (χ2v) is 13.3. The van der Waals surface area contributed by atoms with Gasteiger partial charge in [0.25, 0.3) is 0 Å². The van der Waals surface area contributed by atoms with Crippen molar-refractivity contribution in [1.29, 1.82) is 0 Å². The highest BCUT2D eigenvalue weighted by atomic mass is 16.7. The molecule has 39 heavy (non-hydrogen) atoms. The zero-order valence-corrected chi connectivity index (χ0v) is 22.5. The SMILES string of the molecule is C[C@]12CC[C@H]3[C@@H](CC[C@]4(O)C[C@@H](O[C@H]5C[C@@H](O)[C@H](O)[C@@H](CO)O5)CC[C@]34C=O)[C@@]1(O)CC[C@@H]2C1=CC(=O)OC1. The van der Waals surface area contributed by atoms with E-state index in [0.717, 1.165) is 18.3 Å². The predicted molar refractivity (Wildman–Crippen MR) is 135 cm³/mol. The minimum atomic E-state index is -1.29. The molecular weight excluding hydrogens is 508 g/mol. The zero-order valence-electron chi connectivity index (χ0n) is 22.5. The van der Waals surface area contributed by atoms with E-state index in [1.807, 2.05) is 0 Å². The van der Waals surface area contributed by atoms with Crippen LogP contribution in [0.15, 0.2) is 11.6 Å². The van der Waals surface area contributed by atoms with Crippen molar-refractivity contribution in [2.24, 2.45) is 28.6 Å². The molecule has 0 spiro atoms. The second-order valence-electron chi connectivity index (χ2n) is 13.3. The van der Waals surface area contributed by atoms with Crippen molar-refractivity contribution in [3.8, 4) is 0 Å². The molecule has 0 aromatic rings. The Morgan fingerprint density at radius 1 is 1.08 bits per heavy atom. The third-order valence-electron chi connectivity index (χ3n) is 11.9. The highest BCUT2D eigenvalue weighted by Gasteiger charge is 2.71. The van der Waals surface area contributed by atoms with Gasteiger partial charge in [0.2, 0.25) is 0 Å². The average Bonchev–Trinajstić information content (AvgIpc) is 3.45. The lowest BCUT2D eigenvalue weighted by molar-refractivity contribution is -0.291. The van der Waals surface area contributed by atoms with E-state index in [0.29, 0.717) is 44.9 Å². The summed E-state index contributed by atoms with van der Waals surface area (Å²) in [6.07, 6.45) is 3.01. The summed E-state index contributed by atoms with van der Waals surface area (Å²) in [5, 5.41) is 54.1. The van der Waals surface area contributed by atoms with Crippen molar-refractivity contribution in [3.63, 3.8) is 0 Å². The first-order valence-corrected chi connectivity index (χ1v) is 14.6. The van der Waals surface area contributed by atoms with Gasteiger partial charge in [-0.05, 0) is 74.7 Å². The van der Waals surface area contributed by atoms with Gasteiger partial charge in [0.1, 0.15) is 25.1 Å². The topological polar surface area (TPSA) is 163 Å². The lowest BCUT2D eigenvalue weighted by Gasteiger charge is -2.65. The first-order chi connectivity index (χ1) is 18.5. The molecule has 5 fully saturated rings. The normalized spacial score (nSPS) is 53.3. The van der Waals surface area contributed by atoms with Crippen LogP contribution in [0.2, 0.25) is 0 Å². The quantitative estimate of drug-likeness (QED) is 0.188. The molecule has 6 rings (SSSR count). The molecule has 218 valence electrons. The van der Waals surface area contributed by atoms with Crippen LogP contribution in [0.3, 0.4) is 0 Å². The van der Waals surface area contributed by atoms with Gasteiger partial charge in [0, 0.05) is 24.3 Å². The lowest BCUT2D eigenvalue weighted by Crippen LogP contribution is -2.69. The molecule has 0 aromatic heterocycles. The van der Waals surface area contributed by atoms with E-state index >= 15 is 0 Å². The smallest absolute Gasteiger partial charge is 0.331 e. The average molecular weight is 551 g/mol. The number of hydrogen-bond acceptors (Lipinski definition) is 10. The molecule has 6 aliphatic rings. The molecule has 4 aliphatic carbocycles. The first-order valence-electron chi connectivity index (χ1n) is 14.6. The molecule has 2 aliphatic heterocycles. The molecule has 5 N–H and O–H groups in total. The van der Waals surface area contributed by atoms with Gasteiger partial charge in [-0.3, -0.25) is 0 Å². The lowest BCUT2D eigenvalue weighted by atomic mass is 9.41. The van der Waals surface area contributed by atoms with Crippen molar-refractivity contribution < 1.29 is 49.3 Å². The highest BCUT2D eigenvalue weighted by Crippen LogP contribution is 2.70. The zero-order chi connectivity index (χ0) is 27.8. The Balaban J connectivity index is 1.21. The van der Waals surface area contributed by atoms with Gasteiger partial charge in [0.15, 0.2) is 6.29 Å². The number of rotatable bonds is 5. The summed E-state index contributed by atoms with van der Waals surface area (Å²) < 4.78 is 17.0. The summed E-state index contributed by atoms with van der Waals surface area (Å²) in [5.74, 6) is -0.565. The molecule has 4 saturated carbocycles. The Kier molecular flexibility index (Phi) is 6.81. The van der Waals surface area contributed by atoms with Gasteiger partial charge < -0.3 is 44.5 Å². The molecular formula is C29H42O10. The number of hydrogen-bond donors (Lipinski definition) is 5. The first kappa shape index (κ1) is 27.8. The van der Waals surface area contributed by atoms with Crippen LogP contribution in [0, 0.1) is 28.6 Å². The number of aliphatic hydroxyl groups is 5. The van der Waals surface area contributed by atoms with Crippen LogP contribution < -0.4 is 0 Å². The maximum absolute atomic E-state index is 13.0. The van der Waals surface area contributed by atoms with Gasteiger partial charge in [-0.1, -0.05) is 6.92 Å². The largest absolute Gasteiger partial charge is 0.458 e. The van der Waals surface area contributed by atoms with E-state index in [4.69, 9.17) is 14.2 Å². The fourth-order valence-electron chi connectivity index (χ4n) is 9.80. The Hall–Kier alpha value is -1.40. The van der Waals surface area contributed by atoms with Crippen molar-refractivity contribution in [3.05, 3.63) is 11.6 Å². The van der Waals surface area contributed by atoms with Crippen LogP contribution in [0.25, 0.3) is 0 Å². The summed E-state index contributed by atoms with van der Waals surface area (Å²) in [4.78, 5) is 24.8. The minimum absolute atomic E-state index is 0.0516. The summed E-state index contributed by atoms with van der Waals surface area (Å²) >= 11 is 0. The van der Waals surface area contributed by atoms with E-state index in [1.54, 1.807) is 6.08 Å². The number of aldehydes is 1. The number of aliphatic hydroxyl groups excluding tert-OH is 3. The van der Waals surface area contributed by atoms with Crippen LogP contribution in [0.5, 0.6) is 0 Å². The number of cyclic esters (lactones) is 1. The van der Waals surface area contributed by atoms with E-state index in [1.165, 1.54) is 0 Å². The van der Waals surface area contributed by atoms with Crippen LogP contribution in [0.1, 0.15) is 71.1 Å². The maximum atomic E-state index is 13.0. The monoisotopic (exact) mass is 550 g/mol. The minimum Gasteiger partial charge on any atom is -0.458 e. The number of carbonyl (C=O) groups excluding carboxylic acids is 2. The van der Waals surface area contributed by atoms with Crippen LogP contribution >= 0.6 is 0 Å². The van der Waals surface area contributed by atoms with Crippen molar-refractivity contribution in [2.75, 3.05) is 13.2 Å². The molecule has 0 unspecified atom stereocenters. The molecule has 0 radical (unpaired) electrons. The highest BCUT2D eigenvalue weighted by molar-refractivity contribution is 5.85. The summed E-state index contributed by atoms with van der Waals surface area (Å²) in [6, 6.07) is 0. The Labute approximate surface area is 228 Å². The standard InChI is InChI=1S/C29H42O10/c1-26-6-3-19-20(29(26,36)9-5-18(26)16-10-23(33)37-14-16)4-8-28(35)12-17(2-7-27(19,28)15-31)38-24-11-21(32)25(34)22(13-30)39-24/h10,15,17-22,24-25,30,32,34-36H,2-9,11-14H2,1H3/t17-,18+,19-,20+,21+,22+,24+,25-,26+,27-,28-,29-/m0/s1. The summed E-state index contributed by atoms with van der Waals surface area (Å²) in [5.41, 5.74) is -2.76. The van der Waals surface area contributed by atoms with Gasteiger partial charge >= 0.3 is 5.97 Å². The third-order valence-corrected chi connectivity index (χ3v) is 11.9. The van der Waals surface area contributed by atoms with Gasteiger partial charge in [-0.25, -0.2) is 4.79 Å². The van der Waals surface area contributed by atoms with Crippen LogP contribution in [-0.4, -0.2) is 92.9 Å². The fourth-order valence-corrected chi connectivity index (χ4v) is 9.80. The molecule has 10 nitrogen and oxygen atoms in total. The molecule has 10 heteroatoms. The molecule has 1 saturated heterocycles. The predicted octanol–water partition coefficient (Wildman–Crippen LogP) is 0.752. The van der Waals surface area contributed by atoms with Crippen molar-refractivity contribution in [2.45, 2.75) is 113 Å². The van der Waals surface area contributed by atoms with E-state index in [9.17, 15) is 35.1 Å². The molecule has 12 atom stereocenters. The van der Waals surface area contributed by atoms with Crippen LogP contribution in [-0.2, 0) is 23.8 Å². The van der Waals surface area contributed by atoms with E-state index in [2.05, 4.69) is 6.92 Å². The van der Waals surface area contributed by atoms with Crippen molar-refractivity contribution >= 4 is 12.3 Å². The molecule has 0 amide bonds. The fraction of sp³-hybridized carbons (Fsp3) is 0.862. The van der Waals surface area contributed by atoms with Gasteiger partial charge in [-0.15, -0.1) is 0 Å². The maximum Gasteiger partial charge on any atom is 0.331 e. The summed E-state index contributed by atoms with van der Waals surface area (Å²) in [7, 11) is 0.